The molecule has 0 bridgehead atoms. The molecule has 4 aromatic rings. The average Bonchev–Trinajstić information content (AvgIpc) is 3.26. The highest BCUT2D eigenvalue weighted by Gasteiger charge is 2.18. The minimum absolute atomic E-state index is 0.0894. The lowest BCUT2D eigenvalue weighted by Crippen LogP contribution is -2.30. The van der Waals surface area contributed by atoms with Gasteiger partial charge in [0.05, 0.1) is 20.3 Å². The molecule has 0 spiro atoms. The SMILES string of the molecule is COc1ccc(-c2n[nH]c(=S)n2CCC(=O)NC(c2ccccc2)c2ccc(OC)cc2)cc1. The summed E-state index contributed by atoms with van der Waals surface area (Å²) in [5.41, 5.74) is 2.85. The zero-order chi connectivity index (χ0) is 23.9. The summed E-state index contributed by atoms with van der Waals surface area (Å²) < 4.78 is 12.8. The quantitative estimate of drug-likeness (QED) is 0.337. The van der Waals surface area contributed by atoms with Gasteiger partial charge in [0, 0.05) is 18.5 Å². The van der Waals surface area contributed by atoms with Crippen LogP contribution >= 0.6 is 12.2 Å². The van der Waals surface area contributed by atoms with Gasteiger partial charge >= 0.3 is 0 Å². The number of amides is 1. The van der Waals surface area contributed by atoms with Crippen molar-refractivity contribution in [3.63, 3.8) is 0 Å². The van der Waals surface area contributed by atoms with Crippen LogP contribution < -0.4 is 14.8 Å². The van der Waals surface area contributed by atoms with Crippen LogP contribution in [0.4, 0.5) is 0 Å². The fourth-order valence-electron chi connectivity index (χ4n) is 3.73. The van der Waals surface area contributed by atoms with Crippen molar-refractivity contribution in [2.45, 2.75) is 19.0 Å². The van der Waals surface area contributed by atoms with Crippen LogP contribution in [0.15, 0.2) is 78.9 Å². The highest BCUT2D eigenvalue weighted by atomic mass is 32.1. The maximum absolute atomic E-state index is 13.0. The number of hydrogen-bond donors (Lipinski definition) is 2. The Balaban J connectivity index is 1.50. The van der Waals surface area contributed by atoms with E-state index in [4.69, 9.17) is 21.7 Å². The summed E-state index contributed by atoms with van der Waals surface area (Å²) in [5.74, 6) is 2.11. The van der Waals surface area contributed by atoms with E-state index in [0.29, 0.717) is 17.1 Å². The topological polar surface area (TPSA) is 81.2 Å². The molecule has 1 aromatic heterocycles. The third-order valence-electron chi connectivity index (χ3n) is 5.56. The summed E-state index contributed by atoms with van der Waals surface area (Å²) in [6.45, 7) is 0.395. The highest BCUT2D eigenvalue weighted by Crippen LogP contribution is 2.25. The number of hydrogen-bond acceptors (Lipinski definition) is 5. The second-order valence-corrected chi connectivity index (χ2v) is 8.05. The zero-order valence-electron chi connectivity index (χ0n) is 19.0. The van der Waals surface area contributed by atoms with Crippen molar-refractivity contribution >= 4 is 18.1 Å². The molecule has 1 unspecified atom stereocenters. The van der Waals surface area contributed by atoms with E-state index in [2.05, 4.69) is 15.5 Å². The van der Waals surface area contributed by atoms with Crippen molar-refractivity contribution in [3.05, 3.63) is 94.8 Å². The summed E-state index contributed by atoms with van der Waals surface area (Å²) in [4.78, 5) is 13.0. The molecule has 7 nitrogen and oxygen atoms in total. The number of rotatable bonds is 9. The third kappa shape index (κ3) is 5.35. The fourth-order valence-corrected chi connectivity index (χ4v) is 3.96. The van der Waals surface area contributed by atoms with Gasteiger partial charge in [-0.05, 0) is 59.7 Å². The summed E-state index contributed by atoms with van der Waals surface area (Å²) in [5, 5.41) is 10.4. The number of benzene rings is 3. The van der Waals surface area contributed by atoms with E-state index in [9.17, 15) is 4.79 Å². The molecule has 8 heteroatoms. The second-order valence-electron chi connectivity index (χ2n) is 7.67. The van der Waals surface area contributed by atoms with Crippen molar-refractivity contribution in [2.24, 2.45) is 0 Å². The lowest BCUT2D eigenvalue weighted by Gasteiger charge is -2.20. The van der Waals surface area contributed by atoms with E-state index in [-0.39, 0.29) is 18.4 Å². The van der Waals surface area contributed by atoms with Gasteiger partial charge in [0.15, 0.2) is 10.6 Å². The zero-order valence-corrected chi connectivity index (χ0v) is 19.8. The van der Waals surface area contributed by atoms with Gasteiger partial charge in [-0.25, -0.2) is 0 Å². The first kappa shape index (κ1) is 23.3. The van der Waals surface area contributed by atoms with Gasteiger partial charge in [-0.15, -0.1) is 0 Å². The minimum Gasteiger partial charge on any atom is -0.497 e. The Kier molecular flexibility index (Phi) is 7.39. The largest absolute Gasteiger partial charge is 0.497 e. The highest BCUT2D eigenvalue weighted by molar-refractivity contribution is 7.71. The molecule has 0 aliphatic heterocycles. The van der Waals surface area contributed by atoms with Crippen LogP contribution in [0.25, 0.3) is 11.4 Å². The Hall–Kier alpha value is -3.91. The predicted molar refractivity (Wildman–Crippen MR) is 133 cm³/mol. The second kappa shape index (κ2) is 10.8. The predicted octanol–water partition coefficient (Wildman–Crippen LogP) is 4.92. The van der Waals surface area contributed by atoms with Crippen molar-refractivity contribution in [2.75, 3.05) is 14.2 Å². The van der Waals surface area contributed by atoms with E-state index >= 15 is 0 Å². The first-order valence-corrected chi connectivity index (χ1v) is 11.3. The Labute approximate surface area is 203 Å². The standard InChI is InChI=1S/C26H26N4O3S/c1-32-21-12-8-19(9-13-21)24(18-6-4-3-5-7-18)27-23(31)16-17-30-25(28-29-26(30)34)20-10-14-22(33-2)15-11-20/h3-15,24H,16-17H2,1-2H3,(H,27,31)(H,29,34). The normalized spacial score (nSPS) is 11.6. The molecule has 2 N–H and O–H groups in total. The van der Waals surface area contributed by atoms with Crippen LogP contribution in [0.2, 0.25) is 0 Å². The van der Waals surface area contributed by atoms with E-state index in [0.717, 1.165) is 28.2 Å². The molecular weight excluding hydrogens is 448 g/mol. The molecule has 0 saturated carbocycles. The van der Waals surface area contributed by atoms with Gasteiger partial charge < -0.3 is 14.8 Å². The average molecular weight is 475 g/mol. The molecule has 0 saturated heterocycles. The monoisotopic (exact) mass is 474 g/mol. The van der Waals surface area contributed by atoms with Crippen LogP contribution in [-0.2, 0) is 11.3 Å². The first-order valence-electron chi connectivity index (χ1n) is 10.9. The molecule has 0 radical (unpaired) electrons. The van der Waals surface area contributed by atoms with E-state index < -0.39 is 0 Å². The van der Waals surface area contributed by atoms with Crippen LogP contribution in [-0.4, -0.2) is 34.9 Å². The summed E-state index contributed by atoms with van der Waals surface area (Å²) in [6.07, 6.45) is 0.247. The number of carbonyl (C=O) groups excluding carboxylic acids is 1. The van der Waals surface area contributed by atoms with Gasteiger partial charge in [-0.2, -0.15) is 5.10 Å². The van der Waals surface area contributed by atoms with Crippen molar-refractivity contribution < 1.29 is 14.3 Å². The molecule has 174 valence electrons. The van der Waals surface area contributed by atoms with Crippen molar-refractivity contribution in [3.8, 4) is 22.9 Å². The summed E-state index contributed by atoms with van der Waals surface area (Å²) in [7, 11) is 3.25. The molecule has 0 aliphatic carbocycles. The number of aromatic nitrogens is 3. The van der Waals surface area contributed by atoms with Gasteiger partial charge in [0.2, 0.25) is 5.91 Å². The Bertz CT molecular complexity index is 1280. The molecule has 4 rings (SSSR count). The van der Waals surface area contributed by atoms with E-state index in [1.807, 2.05) is 83.4 Å². The third-order valence-corrected chi connectivity index (χ3v) is 5.87. The minimum atomic E-state index is -0.280. The first-order chi connectivity index (χ1) is 16.6. The number of carbonyl (C=O) groups is 1. The molecule has 34 heavy (non-hydrogen) atoms. The lowest BCUT2D eigenvalue weighted by molar-refractivity contribution is -0.121. The Morgan fingerprint density at radius 2 is 1.53 bits per heavy atom. The van der Waals surface area contributed by atoms with E-state index in [1.54, 1.807) is 14.2 Å². The number of H-pyrrole nitrogens is 1. The maximum atomic E-state index is 13.0. The maximum Gasteiger partial charge on any atom is 0.222 e. The Morgan fingerprint density at radius 3 is 2.15 bits per heavy atom. The number of methoxy groups -OCH3 is 2. The van der Waals surface area contributed by atoms with Gasteiger partial charge in [0.1, 0.15) is 11.5 Å². The van der Waals surface area contributed by atoms with Crippen LogP contribution in [0, 0.1) is 4.77 Å². The lowest BCUT2D eigenvalue weighted by atomic mass is 9.98. The molecule has 1 heterocycles. The molecule has 3 aromatic carbocycles. The van der Waals surface area contributed by atoms with Gasteiger partial charge in [-0.1, -0.05) is 42.5 Å². The molecule has 1 amide bonds. The number of aromatic amines is 1. The van der Waals surface area contributed by atoms with Crippen molar-refractivity contribution in [1.82, 2.24) is 20.1 Å². The Morgan fingerprint density at radius 1 is 0.941 bits per heavy atom. The number of nitrogens with one attached hydrogen (secondary N) is 2. The number of nitrogens with zero attached hydrogens (tertiary/aromatic N) is 2. The van der Waals surface area contributed by atoms with Crippen LogP contribution in [0.1, 0.15) is 23.6 Å². The summed E-state index contributed by atoms with van der Waals surface area (Å²) in [6, 6.07) is 24.9. The molecule has 1 atom stereocenters. The number of ether oxygens (including phenoxy) is 2. The smallest absolute Gasteiger partial charge is 0.222 e. The van der Waals surface area contributed by atoms with Gasteiger partial charge in [-0.3, -0.25) is 14.5 Å². The van der Waals surface area contributed by atoms with Gasteiger partial charge in [0.25, 0.3) is 0 Å². The van der Waals surface area contributed by atoms with E-state index in [1.165, 1.54) is 0 Å². The van der Waals surface area contributed by atoms with Crippen LogP contribution in [0.5, 0.6) is 11.5 Å². The molecule has 0 aliphatic rings. The molecule has 0 fully saturated rings. The van der Waals surface area contributed by atoms with Crippen molar-refractivity contribution in [1.29, 1.82) is 0 Å². The molecular formula is C26H26N4O3S. The van der Waals surface area contributed by atoms with Crippen LogP contribution in [0.3, 0.4) is 0 Å². The summed E-state index contributed by atoms with van der Waals surface area (Å²) >= 11 is 5.41. The fraction of sp³-hybridized carbons (Fsp3) is 0.192.